The summed E-state index contributed by atoms with van der Waals surface area (Å²) in [5.74, 6) is -1.05. The lowest BCUT2D eigenvalue weighted by Crippen LogP contribution is -2.41. The minimum absolute atomic E-state index is 0.190. The van der Waals surface area contributed by atoms with Gasteiger partial charge < -0.3 is 15.2 Å². The molecule has 5 heteroatoms. The zero-order valence-electron chi connectivity index (χ0n) is 12.2. The van der Waals surface area contributed by atoms with Gasteiger partial charge in [-0.1, -0.05) is 25.0 Å². The van der Waals surface area contributed by atoms with Gasteiger partial charge in [-0.15, -0.1) is 0 Å². The largest absolute Gasteiger partial charge is 0.481 e. The van der Waals surface area contributed by atoms with Crippen LogP contribution in [0.25, 0.3) is 0 Å². The average molecular weight is 291 g/mol. The van der Waals surface area contributed by atoms with Crippen molar-refractivity contribution in [3.8, 4) is 0 Å². The van der Waals surface area contributed by atoms with Gasteiger partial charge in [0.05, 0.1) is 12.0 Å². The third kappa shape index (κ3) is 3.61. The Kier molecular flexibility index (Phi) is 4.96. The Balaban J connectivity index is 2.01. The van der Waals surface area contributed by atoms with Crippen LogP contribution in [0.2, 0.25) is 0 Å². The van der Waals surface area contributed by atoms with Crippen LogP contribution in [-0.2, 0) is 16.1 Å². The summed E-state index contributed by atoms with van der Waals surface area (Å²) in [6, 6.07) is 7.17. The number of amides is 1. The molecule has 0 radical (unpaired) electrons. The van der Waals surface area contributed by atoms with Gasteiger partial charge in [0.25, 0.3) is 5.91 Å². The number of hydrogen-bond donors (Lipinski definition) is 2. The first-order chi connectivity index (χ1) is 10.1. The summed E-state index contributed by atoms with van der Waals surface area (Å²) in [5.41, 5.74) is 0.654. The van der Waals surface area contributed by atoms with Crippen LogP contribution in [0.3, 0.4) is 0 Å². The molecule has 21 heavy (non-hydrogen) atoms. The van der Waals surface area contributed by atoms with E-state index in [0.29, 0.717) is 25.0 Å². The molecule has 1 aliphatic carbocycles. The Morgan fingerprint density at radius 1 is 1.33 bits per heavy atom. The van der Waals surface area contributed by atoms with Crippen molar-refractivity contribution in [2.75, 3.05) is 13.7 Å². The number of aliphatic carboxylic acids is 1. The molecule has 2 N–H and O–H groups in total. The highest BCUT2D eigenvalue weighted by Crippen LogP contribution is 2.37. The quantitative estimate of drug-likeness (QED) is 0.842. The molecule has 2 rings (SSSR count). The van der Waals surface area contributed by atoms with E-state index < -0.39 is 11.4 Å². The molecule has 0 heterocycles. The molecule has 0 unspecified atom stereocenters. The predicted octanol–water partition coefficient (Wildman–Crippen LogP) is 2.21. The van der Waals surface area contributed by atoms with E-state index in [1.165, 1.54) is 0 Å². The first kappa shape index (κ1) is 15.5. The molecule has 0 spiro atoms. The maximum atomic E-state index is 12.2. The molecule has 0 atom stereocenters. The molecular formula is C16H21NO4. The first-order valence-electron chi connectivity index (χ1n) is 7.17. The van der Waals surface area contributed by atoms with Crippen molar-refractivity contribution in [3.05, 3.63) is 35.4 Å². The van der Waals surface area contributed by atoms with Gasteiger partial charge in [-0.05, 0) is 30.5 Å². The predicted molar refractivity (Wildman–Crippen MR) is 78.0 cm³/mol. The van der Waals surface area contributed by atoms with Crippen molar-refractivity contribution >= 4 is 11.9 Å². The Hall–Kier alpha value is -1.88. The molecule has 5 nitrogen and oxygen atoms in total. The minimum Gasteiger partial charge on any atom is -0.481 e. The number of carboxylic acid groups (broad SMARTS) is 1. The van der Waals surface area contributed by atoms with E-state index in [1.807, 2.05) is 6.07 Å². The number of hydrogen-bond acceptors (Lipinski definition) is 3. The maximum Gasteiger partial charge on any atom is 0.311 e. The van der Waals surface area contributed by atoms with Gasteiger partial charge in [-0.2, -0.15) is 0 Å². The van der Waals surface area contributed by atoms with Gasteiger partial charge in [0.1, 0.15) is 0 Å². The summed E-state index contributed by atoms with van der Waals surface area (Å²) in [6.07, 6.45) is 3.08. The number of benzene rings is 1. The van der Waals surface area contributed by atoms with Crippen molar-refractivity contribution in [2.45, 2.75) is 32.3 Å². The molecule has 114 valence electrons. The zero-order chi connectivity index (χ0) is 15.3. The van der Waals surface area contributed by atoms with Crippen molar-refractivity contribution in [1.29, 1.82) is 0 Å². The molecule has 1 saturated carbocycles. The third-order valence-electron chi connectivity index (χ3n) is 4.10. The summed E-state index contributed by atoms with van der Waals surface area (Å²) in [7, 11) is 1.60. The highest BCUT2D eigenvalue weighted by Gasteiger charge is 2.41. The van der Waals surface area contributed by atoms with Gasteiger partial charge in [0, 0.05) is 19.2 Å². The van der Waals surface area contributed by atoms with Crippen molar-refractivity contribution in [2.24, 2.45) is 5.41 Å². The Bertz CT molecular complexity index is 521. The fourth-order valence-corrected chi connectivity index (χ4v) is 2.84. The van der Waals surface area contributed by atoms with E-state index in [-0.39, 0.29) is 12.5 Å². The lowest BCUT2D eigenvalue weighted by Gasteiger charge is -2.24. The SMILES string of the molecule is COCc1cccc(C(=O)NCC2(C(=O)O)CCCC2)c1. The van der Waals surface area contributed by atoms with Gasteiger partial charge in [0.15, 0.2) is 0 Å². The molecule has 0 saturated heterocycles. The van der Waals surface area contributed by atoms with Gasteiger partial charge in [-0.25, -0.2) is 0 Å². The number of nitrogens with one attached hydrogen (secondary N) is 1. The van der Waals surface area contributed by atoms with E-state index in [1.54, 1.807) is 25.3 Å². The van der Waals surface area contributed by atoms with Crippen LogP contribution in [0, 0.1) is 5.41 Å². The van der Waals surface area contributed by atoms with Gasteiger partial charge >= 0.3 is 5.97 Å². The lowest BCUT2D eigenvalue weighted by molar-refractivity contribution is -0.148. The van der Waals surface area contributed by atoms with Crippen molar-refractivity contribution in [3.63, 3.8) is 0 Å². The number of carbonyl (C=O) groups is 2. The van der Waals surface area contributed by atoms with Gasteiger partial charge in [-0.3, -0.25) is 9.59 Å². The van der Waals surface area contributed by atoms with E-state index in [0.717, 1.165) is 18.4 Å². The second-order valence-corrected chi connectivity index (χ2v) is 5.61. The summed E-state index contributed by atoms with van der Waals surface area (Å²) >= 11 is 0. The fraction of sp³-hybridized carbons (Fsp3) is 0.500. The Morgan fingerprint density at radius 2 is 2.05 bits per heavy atom. The smallest absolute Gasteiger partial charge is 0.311 e. The van der Waals surface area contributed by atoms with Crippen molar-refractivity contribution in [1.82, 2.24) is 5.32 Å². The normalized spacial score (nSPS) is 16.6. The number of rotatable bonds is 6. The number of carbonyl (C=O) groups excluding carboxylic acids is 1. The molecule has 1 amide bonds. The lowest BCUT2D eigenvalue weighted by atomic mass is 9.86. The fourth-order valence-electron chi connectivity index (χ4n) is 2.84. The topological polar surface area (TPSA) is 75.6 Å². The van der Waals surface area contributed by atoms with E-state index in [4.69, 9.17) is 4.74 Å². The molecule has 1 aromatic carbocycles. The summed E-state index contributed by atoms with van der Waals surface area (Å²) in [6.45, 7) is 0.635. The number of carboxylic acids is 1. The molecule has 0 aliphatic heterocycles. The van der Waals surface area contributed by atoms with Crippen LogP contribution in [0.15, 0.2) is 24.3 Å². The Labute approximate surface area is 124 Å². The van der Waals surface area contributed by atoms with Crippen molar-refractivity contribution < 1.29 is 19.4 Å². The molecule has 1 aromatic rings. The summed E-state index contributed by atoms with van der Waals surface area (Å²) < 4.78 is 5.04. The number of methoxy groups -OCH3 is 1. The van der Waals surface area contributed by atoms with Crippen LogP contribution in [-0.4, -0.2) is 30.6 Å². The monoisotopic (exact) mass is 291 g/mol. The maximum absolute atomic E-state index is 12.2. The van der Waals surface area contributed by atoms with Crippen LogP contribution in [0.5, 0.6) is 0 Å². The summed E-state index contributed by atoms with van der Waals surface area (Å²) in [4.78, 5) is 23.6. The second kappa shape index (κ2) is 6.72. The summed E-state index contributed by atoms with van der Waals surface area (Å²) in [5, 5.41) is 12.2. The molecule has 0 bridgehead atoms. The third-order valence-corrected chi connectivity index (χ3v) is 4.10. The highest BCUT2D eigenvalue weighted by atomic mass is 16.5. The second-order valence-electron chi connectivity index (χ2n) is 5.61. The average Bonchev–Trinajstić information content (AvgIpc) is 2.96. The van der Waals surface area contributed by atoms with E-state index in [9.17, 15) is 14.7 Å². The highest BCUT2D eigenvalue weighted by molar-refractivity contribution is 5.94. The Morgan fingerprint density at radius 3 is 2.67 bits per heavy atom. The van der Waals surface area contributed by atoms with Crippen LogP contribution >= 0.6 is 0 Å². The standard InChI is InChI=1S/C16H21NO4/c1-21-10-12-5-4-6-13(9-12)14(18)17-11-16(15(19)20)7-2-3-8-16/h4-6,9H,2-3,7-8,10-11H2,1H3,(H,17,18)(H,19,20). The van der Waals surface area contributed by atoms with Gasteiger partial charge in [0.2, 0.25) is 0 Å². The van der Waals surface area contributed by atoms with Crippen LogP contribution in [0.4, 0.5) is 0 Å². The minimum atomic E-state index is -0.812. The molecule has 1 aliphatic rings. The molecule has 1 fully saturated rings. The van der Waals surface area contributed by atoms with E-state index in [2.05, 4.69) is 5.32 Å². The van der Waals surface area contributed by atoms with Crippen LogP contribution in [0.1, 0.15) is 41.6 Å². The zero-order valence-corrected chi connectivity index (χ0v) is 12.2. The van der Waals surface area contributed by atoms with E-state index >= 15 is 0 Å². The van der Waals surface area contributed by atoms with Crippen LogP contribution < -0.4 is 5.32 Å². The molecule has 0 aromatic heterocycles. The number of ether oxygens (including phenoxy) is 1. The molecular weight excluding hydrogens is 270 g/mol. The first-order valence-corrected chi connectivity index (χ1v) is 7.17.